The van der Waals surface area contributed by atoms with E-state index in [2.05, 4.69) is 10.1 Å². The number of aromatic nitrogens is 3. The maximum absolute atomic E-state index is 12.3. The van der Waals surface area contributed by atoms with Gasteiger partial charge in [0.15, 0.2) is 0 Å². The van der Waals surface area contributed by atoms with Gasteiger partial charge in [0.25, 0.3) is 0 Å². The molecule has 0 radical (unpaired) electrons. The number of aryl methyl sites for hydroxylation is 1. The van der Waals surface area contributed by atoms with E-state index in [1.807, 2.05) is 6.92 Å². The molecule has 0 bridgehead atoms. The smallest absolute Gasteiger partial charge is 0.231 e. The number of halogens is 1. The van der Waals surface area contributed by atoms with E-state index in [0.717, 1.165) is 5.01 Å². The van der Waals surface area contributed by atoms with Crippen LogP contribution in [0.2, 0.25) is 5.02 Å². The zero-order valence-corrected chi connectivity index (χ0v) is 11.5. The van der Waals surface area contributed by atoms with Crippen molar-refractivity contribution in [1.29, 1.82) is 0 Å². The minimum absolute atomic E-state index is 0.195. The zero-order valence-electron chi connectivity index (χ0n) is 9.89. The number of hydrogen-bond acceptors (Lipinski definition) is 5. The first kappa shape index (κ1) is 13.2. The average Bonchev–Trinajstić information content (AvgIpc) is 2.95. The first-order valence-corrected chi connectivity index (χ1v) is 6.83. The van der Waals surface area contributed by atoms with E-state index in [1.165, 1.54) is 17.5 Å². The molecule has 0 saturated carbocycles. The van der Waals surface area contributed by atoms with E-state index in [-0.39, 0.29) is 5.78 Å². The Bertz CT molecular complexity index is 563. The van der Waals surface area contributed by atoms with Gasteiger partial charge in [0.05, 0.1) is 16.2 Å². The maximum Gasteiger partial charge on any atom is 0.231 e. The normalized spacial score (nSPS) is 10.8. The van der Waals surface area contributed by atoms with Gasteiger partial charge in [0.1, 0.15) is 11.4 Å². The molecular weight excluding hydrogens is 272 g/mol. The third-order valence-corrected chi connectivity index (χ3v) is 3.64. The predicted octanol–water partition coefficient (Wildman–Crippen LogP) is 1.75. The number of hydrogen-bond donors (Lipinski definition) is 1. The van der Waals surface area contributed by atoms with E-state index in [4.69, 9.17) is 17.3 Å². The molecule has 0 amide bonds. The van der Waals surface area contributed by atoms with Crippen LogP contribution in [-0.2, 0) is 13.0 Å². The van der Waals surface area contributed by atoms with Crippen molar-refractivity contribution >= 4 is 28.7 Å². The lowest BCUT2D eigenvalue weighted by atomic mass is 10.2. The fraction of sp³-hybridized carbons (Fsp3) is 0.364. The second-order valence-electron chi connectivity index (χ2n) is 3.65. The molecule has 2 heterocycles. The van der Waals surface area contributed by atoms with Crippen LogP contribution in [-0.4, -0.2) is 27.1 Å². The molecule has 0 fully saturated rings. The zero-order chi connectivity index (χ0) is 13.1. The van der Waals surface area contributed by atoms with Gasteiger partial charge in [-0.3, -0.25) is 9.48 Å². The highest BCUT2D eigenvalue weighted by atomic mass is 35.5. The van der Waals surface area contributed by atoms with Crippen molar-refractivity contribution in [2.75, 3.05) is 6.54 Å². The topological polar surface area (TPSA) is 73.8 Å². The van der Waals surface area contributed by atoms with Crippen molar-refractivity contribution in [3.8, 4) is 0 Å². The van der Waals surface area contributed by atoms with Crippen LogP contribution in [0.5, 0.6) is 0 Å². The van der Waals surface area contributed by atoms with Gasteiger partial charge in [-0.25, -0.2) is 4.98 Å². The van der Waals surface area contributed by atoms with Crippen molar-refractivity contribution in [3.63, 3.8) is 0 Å². The van der Waals surface area contributed by atoms with Crippen LogP contribution in [0.1, 0.15) is 28.1 Å². The van der Waals surface area contributed by atoms with Gasteiger partial charge in [-0.05, 0) is 13.5 Å². The molecule has 7 heteroatoms. The Hall–Kier alpha value is -1.24. The number of nitrogens with two attached hydrogens (primary N) is 1. The van der Waals surface area contributed by atoms with E-state index >= 15 is 0 Å². The molecular formula is C11H13ClN4OS. The predicted molar refractivity (Wildman–Crippen MR) is 71.2 cm³/mol. The number of nitrogens with zero attached hydrogens (tertiary/aromatic N) is 3. The number of rotatable bonds is 5. The van der Waals surface area contributed by atoms with E-state index < -0.39 is 0 Å². The molecule has 2 rings (SSSR count). The van der Waals surface area contributed by atoms with Gasteiger partial charge in [-0.15, -0.1) is 11.3 Å². The number of thiazole rings is 1. The lowest BCUT2D eigenvalue weighted by Gasteiger charge is -2.02. The van der Waals surface area contributed by atoms with Gasteiger partial charge >= 0.3 is 0 Å². The first-order valence-electron chi connectivity index (χ1n) is 5.57. The average molecular weight is 285 g/mol. The summed E-state index contributed by atoms with van der Waals surface area (Å²) in [6, 6.07) is 0. The van der Waals surface area contributed by atoms with Crippen molar-refractivity contribution in [2.24, 2.45) is 5.73 Å². The summed E-state index contributed by atoms with van der Waals surface area (Å²) < 4.78 is 1.58. The lowest BCUT2D eigenvalue weighted by Crippen LogP contribution is -2.11. The van der Waals surface area contributed by atoms with Crippen LogP contribution in [0.15, 0.2) is 11.6 Å². The SMILES string of the molecule is CCn1ncc(Cl)c1C(=O)c1csc(CCN)n1. The van der Waals surface area contributed by atoms with Gasteiger partial charge in [0.2, 0.25) is 5.78 Å². The molecule has 0 aromatic carbocycles. The minimum Gasteiger partial charge on any atom is -0.330 e. The Labute approximate surface area is 114 Å². The highest BCUT2D eigenvalue weighted by Gasteiger charge is 2.20. The van der Waals surface area contributed by atoms with Gasteiger partial charge < -0.3 is 5.73 Å². The van der Waals surface area contributed by atoms with Crippen LogP contribution in [0, 0.1) is 0 Å². The number of carbonyl (C=O) groups is 1. The molecule has 0 atom stereocenters. The Morgan fingerprint density at radius 3 is 3.06 bits per heavy atom. The molecule has 0 aliphatic rings. The van der Waals surface area contributed by atoms with Crippen LogP contribution < -0.4 is 5.73 Å². The molecule has 0 aliphatic carbocycles. The molecule has 0 saturated heterocycles. The Balaban J connectivity index is 2.32. The number of ketones is 1. The Kier molecular flexibility index (Phi) is 4.11. The van der Waals surface area contributed by atoms with Gasteiger partial charge in [-0.2, -0.15) is 5.10 Å². The summed E-state index contributed by atoms with van der Waals surface area (Å²) >= 11 is 7.42. The molecule has 5 nitrogen and oxygen atoms in total. The summed E-state index contributed by atoms with van der Waals surface area (Å²) in [4.78, 5) is 16.6. The molecule has 0 aliphatic heterocycles. The summed E-state index contributed by atoms with van der Waals surface area (Å²) in [5.74, 6) is -0.195. The molecule has 0 unspecified atom stereocenters. The second kappa shape index (κ2) is 5.60. The molecule has 96 valence electrons. The fourth-order valence-corrected chi connectivity index (χ4v) is 2.62. The van der Waals surface area contributed by atoms with Crippen LogP contribution in [0.3, 0.4) is 0 Å². The molecule has 2 N–H and O–H groups in total. The van der Waals surface area contributed by atoms with Crippen molar-refractivity contribution < 1.29 is 4.79 Å². The summed E-state index contributed by atoms with van der Waals surface area (Å²) in [5, 5.41) is 6.99. The quantitative estimate of drug-likeness (QED) is 0.849. The Morgan fingerprint density at radius 1 is 1.61 bits per heavy atom. The molecule has 0 spiro atoms. The van der Waals surface area contributed by atoms with E-state index in [9.17, 15) is 4.79 Å². The first-order chi connectivity index (χ1) is 8.67. The summed E-state index contributed by atoms with van der Waals surface area (Å²) in [6.45, 7) is 3.02. The maximum atomic E-state index is 12.3. The van der Waals surface area contributed by atoms with Gasteiger partial charge in [-0.1, -0.05) is 11.6 Å². The second-order valence-corrected chi connectivity index (χ2v) is 5.00. The molecule has 18 heavy (non-hydrogen) atoms. The van der Waals surface area contributed by atoms with Crippen molar-refractivity contribution in [3.05, 3.63) is 33.0 Å². The van der Waals surface area contributed by atoms with Crippen molar-refractivity contribution in [2.45, 2.75) is 19.9 Å². The Morgan fingerprint density at radius 2 is 2.39 bits per heavy atom. The highest BCUT2D eigenvalue weighted by Crippen LogP contribution is 2.20. The van der Waals surface area contributed by atoms with Crippen LogP contribution in [0.4, 0.5) is 0 Å². The summed E-state index contributed by atoms with van der Waals surface area (Å²) in [5.41, 5.74) is 6.25. The molecule has 2 aromatic heterocycles. The summed E-state index contributed by atoms with van der Waals surface area (Å²) in [7, 11) is 0. The largest absolute Gasteiger partial charge is 0.330 e. The third kappa shape index (κ3) is 2.45. The standard InChI is InChI=1S/C11H13ClN4OS/c1-2-16-10(7(12)5-14-16)11(17)8-6-18-9(15-8)3-4-13/h5-6H,2-4,13H2,1H3. The fourth-order valence-electron chi connectivity index (χ4n) is 1.60. The third-order valence-electron chi connectivity index (χ3n) is 2.45. The lowest BCUT2D eigenvalue weighted by molar-refractivity contribution is 0.102. The summed E-state index contributed by atoms with van der Waals surface area (Å²) in [6.07, 6.45) is 2.16. The van der Waals surface area contributed by atoms with Crippen molar-refractivity contribution in [1.82, 2.24) is 14.8 Å². The van der Waals surface area contributed by atoms with E-state index in [0.29, 0.717) is 35.9 Å². The van der Waals surface area contributed by atoms with Crippen LogP contribution in [0.25, 0.3) is 0 Å². The van der Waals surface area contributed by atoms with Crippen LogP contribution >= 0.6 is 22.9 Å². The number of carbonyl (C=O) groups excluding carboxylic acids is 1. The minimum atomic E-state index is -0.195. The monoisotopic (exact) mass is 284 g/mol. The van der Waals surface area contributed by atoms with E-state index in [1.54, 1.807) is 10.1 Å². The molecule has 2 aromatic rings. The van der Waals surface area contributed by atoms with Gasteiger partial charge in [0, 0.05) is 18.3 Å². The highest BCUT2D eigenvalue weighted by molar-refractivity contribution is 7.09.